The largest absolute Gasteiger partial charge is 0.480 e. The fourth-order valence-corrected chi connectivity index (χ4v) is 2.07. The summed E-state index contributed by atoms with van der Waals surface area (Å²) in [5.74, 6) is 0.438. The van der Waals surface area contributed by atoms with Gasteiger partial charge in [-0.2, -0.15) is 11.8 Å². The Balaban J connectivity index is 2.03. The van der Waals surface area contributed by atoms with Crippen LogP contribution in [0.5, 0.6) is 0 Å². The lowest BCUT2D eigenvalue weighted by Gasteiger charge is -2.18. The monoisotopic (exact) mass is 232 g/mol. The van der Waals surface area contributed by atoms with E-state index in [1.807, 2.05) is 0 Å². The van der Waals surface area contributed by atoms with E-state index in [1.165, 1.54) is 12.8 Å². The van der Waals surface area contributed by atoms with Gasteiger partial charge in [0.1, 0.15) is 5.54 Å². The third kappa shape index (κ3) is 4.40. The molecule has 0 aliphatic heterocycles. The molecule has 4 nitrogen and oxygen atoms in total. The number of hydrogen-bond acceptors (Lipinski definition) is 4. The van der Waals surface area contributed by atoms with Crippen LogP contribution in [0.25, 0.3) is 0 Å². The molecular weight excluding hydrogens is 212 g/mol. The van der Waals surface area contributed by atoms with Gasteiger partial charge < -0.3 is 16.2 Å². The van der Waals surface area contributed by atoms with Gasteiger partial charge >= 0.3 is 5.97 Å². The van der Waals surface area contributed by atoms with E-state index < -0.39 is 11.5 Å². The van der Waals surface area contributed by atoms with Crippen LogP contribution in [0, 0.1) is 0 Å². The Labute approximate surface area is 95.0 Å². The molecule has 0 amide bonds. The first-order valence-corrected chi connectivity index (χ1v) is 6.36. The molecule has 0 aromatic carbocycles. The van der Waals surface area contributed by atoms with Crippen molar-refractivity contribution in [1.82, 2.24) is 5.32 Å². The average molecular weight is 232 g/mol. The Morgan fingerprint density at radius 3 is 2.73 bits per heavy atom. The summed E-state index contributed by atoms with van der Waals surface area (Å²) in [5, 5.41) is 12.2. The van der Waals surface area contributed by atoms with E-state index in [1.54, 1.807) is 18.7 Å². The molecule has 0 bridgehead atoms. The molecule has 1 aliphatic carbocycles. The molecule has 1 atom stereocenters. The van der Waals surface area contributed by atoms with Gasteiger partial charge in [-0.25, -0.2) is 0 Å². The van der Waals surface area contributed by atoms with Gasteiger partial charge in [0.05, 0.1) is 0 Å². The molecule has 1 aliphatic rings. The SMILES string of the molecule is CC1(NCCSC[C@](C)(N)C(=O)O)CC1. The van der Waals surface area contributed by atoms with Crippen LogP contribution in [0.15, 0.2) is 0 Å². The van der Waals surface area contributed by atoms with Crippen LogP contribution in [0.1, 0.15) is 26.7 Å². The van der Waals surface area contributed by atoms with Crippen molar-refractivity contribution >= 4 is 17.7 Å². The summed E-state index contributed by atoms with van der Waals surface area (Å²) in [7, 11) is 0. The molecule has 0 radical (unpaired) electrons. The van der Waals surface area contributed by atoms with Gasteiger partial charge in [-0.3, -0.25) is 4.79 Å². The lowest BCUT2D eigenvalue weighted by atomic mass is 10.1. The Morgan fingerprint density at radius 1 is 1.67 bits per heavy atom. The molecule has 1 rings (SSSR count). The number of carboxylic acids is 1. The number of nitrogens with two attached hydrogens (primary N) is 1. The third-order valence-corrected chi connectivity index (χ3v) is 3.99. The minimum atomic E-state index is -1.10. The number of carboxylic acid groups (broad SMARTS) is 1. The van der Waals surface area contributed by atoms with Crippen molar-refractivity contribution in [3.8, 4) is 0 Å². The Morgan fingerprint density at radius 2 is 2.27 bits per heavy atom. The van der Waals surface area contributed by atoms with Crippen LogP contribution in [0.3, 0.4) is 0 Å². The Bertz CT molecular complexity index is 240. The third-order valence-electron chi connectivity index (χ3n) is 2.69. The lowest BCUT2D eigenvalue weighted by molar-refractivity contribution is -0.141. The van der Waals surface area contributed by atoms with Gasteiger partial charge in [0.15, 0.2) is 0 Å². The molecule has 1 saturated carbocycles. The maximum absolute atomic E-state index is 10.7. The highest BCUT2D eigenvalue weighted by Gasteiger charge is 2.36. The van der Waals surface area contributed by atoms with Crippen LogP contribution >= 0.6 is 11.8 Å². The van der Waals surface area contributed by atoms with Crippen LogP contribution in [-0.2, 0) is 4.79 Å². The smallest absolute Gasteiger partial charge is 0.324 e. The van der Waals surface area contributed by atoms with Crippen molar-refractivity contribution in [1.29, 1.82) is 0 Å². The zero-order chi connectivity index (χ0) is 11.5. The molecule has 0 saturated heterocycles. The van der Waals surface area contributed by atoms with E-state index >= 15 is 0 Å². The second-order valence-electron chi connectivity index (χ2n) is 4.76. The number of thioether (sulfide) groups is 1. The van der Waals surface area contributed by atoms with E-state index in [0.717, 1.165) is 12.3 Å². The molecule has 15 heavy (non-hydrogen) atoms. The Kier molecular flexibility index (Phi) is 4.03. The van der Waals surface area contributed by atoms with E-state index in [2.05, 4.69) is 12.2 Å². The van der Waals surface area contributed by atoms with Gasteiger partial charge in [-0.05, 0) is 26.7 Å². The normalized spacial score (nSPS) is 22.1. The molecule has 4 N–H and O–H groups in total. The van der Waals surface area contributed by atoms with Gasteiger partial charge in [-0.1, -0.05) is 0 Å². The first-order valence-electron chi connectivity index (χ1n) is 5.21. The molecular formula is C10H20N2O2S. The number of carbonyl (C=O) groups is 1. The lowest BCUT2D eigenvalue weighted by Crippen LogP contribution is -2.47. The summed E-state index contributed by atoms with van der Waals surface area (Å²) in [6, 6.07) is 0. The van der Waals surface area contributed by atoms with Crippen molar-refractivity contribution in [3.05, 3.63) is 0 Å². The minimum absolute atomic E-state index is 0.360. The fraction of sp³-hybridized carbons (Fsp3) is 0.900. The van der Waals surface area contributed by atoms with Gasteiger partial charge in [0.2, 0.25) is 0 Å². The quantitative estimate of drug-likeness (QED) is 0.562. The summed E-state index contributed by atoms with van der Waals surface area (Å²) in [5.41, 5.74) is 4.86. The van der Waals surface area contributed by atoms with Crippen LogP contribution in [0.4, 0.5) is 0 Å². The second kappa shape index (κ2) is 4.72. The van der Waals surface area contributed by atoms with Crippen LogP contribution < -0.4 is 11.1 Å². The number of nitrogens with one attached hydrogen (secondary N) is 1. The molecule has 0 aromatic rings. The highest BCUT2D eigenvalue weighted by Crippen LogP contribution is 2.33. The van der Waals surface area contributed by atoms with Crippen molar-refractivity contribution in [3.63, 3.8) is 0 Å². The predicted molar refractivity (Wildman–Crippen MR) is 63.2 cm³/mol. The van der Waals surface area contributed by atoms with Crippen molar-refractivity contribution in [2.24, 2.45) is 5.73 Å². The molecule has 0 aromatic heterocycles. The minimum Gasteiger partial charge on any atom is -0.480 e. The van der Waals surface area contributed by atoms with Crippen LogP contribution in [-0.4, -0.2) is 40.2 Å². The van der Waals surface area contributed by atoms with E-state index in [0.29, 0.717) is 11.3 Å². The summed E-state index contributed by atoms with van der Waals surface area (Å²) >= 11 is 1.59. The summed E-state index contributed by atoms with van der Waals surface area (Å²) < 4.78 is 0. The topological polar surface area (TPSA) is 75.3 Å². The van der Waals surface area contributed by atoms with E-state index in [-0.39, 0.29) is 0 Å². The van der Waals surface area contributed by atoms with E-state index in [4.69, 9.17) is 10.8 Å². The fourth-order valence-electron chi connectivity index (χ4n) is 1.14. The van der Waals surface area contributed by atoms with E-state index in [9.17, 15) is 4.79 Å². The molecule has 1 fully saturated rings. The number of rotatable bonds is 7. The van der Waals surface area contributed by atoms with Gasteiger partial charge in [0, 0.05) is 23.6 Å². The summed E-state index contributed by atoms with van der Waals surface area (Å²) in [4.78, 5) is 10.7. The number of aliphatic carboxylic acids is 1. The first-order chi connectivity index (χ1) is 6.86. The van der Waals surface area contributed by atoms with Gasteiger partial charge in [-0.15, -0.1) is 0 Å². The number of hydrogen-bond donors (Lipinski definition) is 3. The van der Waals surface area contributed by atoms with Crippen molar-refractivity contribution in [2.45, 2.75) is 37.8 Å². The first kappa shape index (κ1) is 12.8. The molecule has 0 spiro atoms. The molecule has 0 unspecified atom stereocenters. The molecule has 88 valence electrons. The summed E-state index contributed by atoms with van der Waals surface area (Å²) in [6.45, 7) is 4.69. The maximum Gasteiger partial charge on any atom is 0.324 e. The molecule has 5 heteroatoms. The standard InChI is InChI=1S/C10H20N2O2S/c1-9(3-4-9)12-5-6-15-7-10(2,11)8(13)14/h12H,3-7,11H2,1-2H3,(H,13,14)/t10-/m0/s1. The highest BCUT2D eigenvalue weighted by atomic mass is 32.2. The van der Waals surface area contributed by atoms with Crippen molar-refractivity contribution in [2.75, 3.05) is 18.1 Å². The van der Waals surface area contributed by atoms with Crippen LogP contribution in [0.2, 0.25) is 0 Å². The van der Waals surface area contributed by atoms with Gasteiger partial charge in [0.25, 0.3) is 0 Å². The summed E-state index contributed by atoms with van der Waals surface area (Å²) in [6.07, 6.45) is 2.50. The average Bonchev–Trinajstić information content (AvgIpc) is 2.83. The van der Waals surface area contributed by atoms with Crippen molar-refractivity contribution < 1.29 is 9.90 Å². The molecule has 0 heterocycles. The zero-order valence-electron chi connectivity index (χ0n) is 9.38. The maximum atomic E-state index is 10.7. The predicted octanol–water partition coefficient (Wildman–Crippen LogP) is 0.664. The second-order valence-corrected chi connectivity index (χ2v) is 5.87. The highest BCUT2D eigenvalue weighted by molar-refractivity contribution is 7.99. The Hall–Kier alpha value is -0.260. The zero-order valence-corrected chi connectivity index (χ0v) is 10.2.